The molecule has 0 aliphatic rings. The van der Waals surface area contributed by atoms with E-state index < -0.39 is 43.2 Å². The Labute approximate surface area is 114 Å². The highest BCUT2D eigenvalue weighted by atomic mass is 28.4. The molecule has 0 spiro atoms. The van der Waals surface area contributed by atoms with Gasteiger partial charge in [-0.1, -0.05) is 0 Å². The van der Waals surface area contributed by atoms with Crippen LogP contribution >= 0.6 is 0 Å². The molecule has 1 aromatic carbocycles. The van der Waals surface area contributed by atoms with Crippen LogP contribution in [-0.2, 0) is 8.85 Å². The van der Waals surface area contributed by atoms with Crippen molar-refractivity contribution in [1.29, 1.82) is 0 Å². The highest BCUT2D eigenvalue weighted by Gasteiger charge is 2.45. The second-order valence-electron chi connectivity index (χ2n) is 4.13. The van der Waals surface area contributed by atoms with E-state index in [1.165, 1.54) is 6.55 Å². The van der Waals surface area contributed by atoms with Gasteiger partial charge in [0.1, 0.15) is 0 Å². The molecule has 0 heterocycles. The van der Waals surface area contributed by atoms with Gasteiger partial charge in [-0.15, -0.1) is 0 Å². The van der Waals surface area contributed by atoms with Crippen molar-refractivity contribution in [2.75, 3.05) is 13.2 Å². The van der Waals surface area contributed by atoms with Gasteiger partial charge in [0.15, 0.2) is 29.1 Å². The van der Waals surface area contributed by atoms with Crippen LogP contribution < -0.4 is 0 Å². The zero-order valence-corrected chi connectivity index (χ0v) is 12.3. The van der Waals surface area contributed by atoms with Crippen molar-refractivity contribution >= 4 is 8.56 Å². The van der Waals surface area contributed by atoms with Crippen LogP contribution in [-0.4, -0.2) is 21.8 Å². The summed E-state index contributed by atoms with van der Waals surface area (Å²) >= 11 is 0. The minimum absolute atomic E-state index is 0.0942. The highest BCUT2D eigenvalue weighted by molar-refractivity contribution is 6.67. The van der Waals surface area contributed by atoms with Gasteiger partial charge < -0.3 is 8.85 Å². The molecule has 20 heavy (non-hydrogen) atoms. The molecule has 0 aliphatic heterocycles. The molecule has 0 aromatic heterocycles. The first kappa shape index (κ1) is 17.1. The van der Waals surface area contributed by atoms with Crippen molar-refractivity contribution in [2.24, 2.45) is 0 Å². The molecular weight excluding hydrogens is 299 g/mol. The van der Waals surface area contributed by atoms with Crippen molar-refractivity contribution in [1.82, 2.24) is 0 Å². The predicted octanol–water partition coefficient (Wildman–Crippen LogP) is 3.94. The zero-order chi connectivity index (χ0) is 15.5. The van der Waals surface area contributed by atoms with Gasteiger partial charge in [0.2, 0.25) is 0 Å². The van der Waals surface area contributed by atoms with Gasteiger partial charge in [-0.05, 0) is 26.5 Å². The summed E-state index contributed by atoms with van der Waals surface area (Å²) < 4.78 is 77.5. The molecule has 1 atom stereocenters. The molecule has 0 saturated carbocycles. The quantitative estimate of drug-likeness (QED) is 0.343. The maximum Gasteiger partial charge on any atom is 0.375 e. The monoisotopic (exact) mass is 314 g/mol. The Bertz CT molecular complexity index is 477. The average molecular weight is 314 g/mol. The third kappa shape index (κ3) is 3.18. The van der Waals surface area contributed by atoms with E-state index in [2.05, 4.69) is 0 Å². The summed E-state index contributed by atoms with van der Waals surface area (Å²) in [5.74, 6) is -9.64. The Balaban J connectivity index is 3.28. The third-order valence-electron chi connectivity index (χ3n) is 2.73. The Morgan fingerprint density at radius 2 is 1.50 bits per heavy atom. The fraction of sp³-hybridized carbons (Fsp3) is 0.500. The van der Waals surface area contributed by atoms with Gasteiger partial charge >= 0.3 is 8.56 Å². The first-order valence-corrected chi connectivity index (χ1v) is 8.42. The highest BCUT2D eigenvalue weighted by Crippen LogP contribution is 2.34. The van der Waals surface area contributed by atoms with E-state index in [1.807, 2.05) is 0 Å². The number of hydrogen-bond donors (Lipinski definition) is 0. The molecule has 1 aromatic rings. The van der Waals surface area contributed by atoms with Crippen LogP contribution in [0.5, 0.6) is 0 Å². The molecule has 0 bridgehead atoms. The second kappa shape index (κ2) is 6.64. The van der Waals surface area contributed by atoms with Crippen LogP contribution in [0.15, 0.2) is 6.07 Å². The molecule has 0 N–H and O–H groups in total. The van der Waals surface area contributed by atoms with Crippen LogP contribution in [0.3, 0.4) is 0 Å². The Morgan fingerprint density at radius 3 is 1.95 bits per heavy atom. The van der Waals surface area contributed by atoms with Crippen LogP contribution in [0.25, 0.3) is 0 Å². The van der Waals surface area contributed by atoms with E-state index in [9.17, 15) is 22.0 Å². The van der Waals surface area contributed by atoms with E-state index in [0.717, 1.165) is 0 Å². The maximum atomic E-state index is 14.4. The van der Waals surface area contributed by atoms with Crippen molar-refractivity contribution in [3.05, 3.63) is 34.9 Å². The molecule has 1 unspecified atom stereocenters. The number of alkyl halides is 1. The van der Waals surface area contributed by atoms with Crippen molar-refractivity contribution in [3.8, 4) is 0 Å². The van der Waals surface area contributed by atoms with Gasteiger partial charge in [0.25, 0.3) is 0 Å². The molecule has 0 amide bonds. The van der Waals surface area contributed by atoms with Crippen LogP contribution in [0, 0.1) is 23.3 Å². The number of benzene rings is 1. The van der Waals surface area contributed by atoms with Crippen molar-refractivity contribution < 1.29 is 30.8 Å². The summed E-state index contributed by atoms with van der Waals surface area (Å²) in [5.41, 5.74) is -0.933. The molecule has 0 saturated heterocycles. The first-order valence-electron chi connectivity index (χ1n) is 6.03. The summed E-state index contributed by atoms with van der Waals surface area (Å²) in [6.07, 6.45) is 0. The largest absolute Gasteiger partial charge is 0.393 e. The van der Waals surface area contributed by atoms with Crippen molar-refractivity contribution in [3.63, 3.8) is 0 Å². The lowest BCUT2D eigenvalue weighted by atomic mass is 10.2. The third-order valence-corrected chi connectivity index (χ3v) is 5.68. The molecular formula is C12H15F5O2Si. The Hall–Kier alpha value is -0.993. The van der Waals surface area contributed by atoms with Crippen LogP contribution in [0.4, 0.5) is 22.0 Å². The van der Waals surface area contributed by atoms with E-state index in [4.69, 9.17) is 8.85 Å². The summed E-state index contributed by atoms with van der Waals surface area (Å²) in [4.78, 5) is 0. The van der Waals surface area contributed by atoms with Crippen LogP contribution in [0.2, 0.25) is 6.55 Å². The minimum atomic E-state index is -3.55. The standard InChI is InChI=1S/C12H15F5O2Si/c1-4-18-20(3,19-5-2)12(17)7-6-8(13)10(15)11(16)9(7)14/h6,12H,4-5H2,1-3H3. The molecule has 0 radical (unpaired) electrons. The van der Waals surface area contributed by atoms with Gasteiger partial charge in [0.05, 0.1) is 0 Å². The first-order chi connectivity index (χ1) is 9.28. The molecule has 1 rings (SSSR count). The Morgan fingerprint density at radius 1 is 1.00 bits per heavy atom. The molecule has 0 fully saturated rings. The van der Waals surface area contributed by atoms with E-state index in [0.29, 0.717) is 6.07 Å². The fourth-order valence-corrected chi connectivity index (χ4v) is 4.12. The van der Waals surface area contributed by atoms with Gasteiger partial charge in [-0.3, -0.25) is 0 Å². The number of hydrogen-bond acceptors (Lipinski definition) is 2. The Kier molecular flexibility index (Phi) is 5.66. The van der Waals surface area contributed by atoms with Crippen LogP contribution in [0.1, 0.15) is 25.2 Å². The predicted molar refractivity (Wildman–Crippen MR) is 65.0 cm³/mol. The van der Waals surface area contributed by atoms with E-state index in [1.54, 1.807) is 13.8 Å². The SMILES string of the molecule is CCO[Si](C)(OCC)C(F)c1cc(F)c(F)c(F)c1F. The lowest BCUT2D eigenvalue weighted by molar-refractivity contribution is 0.153. The maximum absolute atomic E-state index is 14.4. The summed E-state index contributed by atoms with van der Waals surface area (Å²) in [6.45, 7) is 4.66. The summed E-state index contributed by atoms with van der Waals surface area (Å²) in [7, 11) is -3.55. The fourth-order valence-electron chi connectivity index (χ4n) is 1.82. The normalized spacial score (nSPS) is 13.6. The van der Waals surface area contributed by atoms with Gasteiger partial charge in [-0.2, -0.15) is 0 Å². The lowest BCUT2D eigenvalue weighted by Gasteiger charge is -2.29. The summed E-state index contributed by atoms with van der Waals surface area (Å²) in [6, 6.07) is 0.293. The number of halogens is 5. The van der Waals surface area contributed by atoms with E-state index >= 15 is 0 Å². The summed E-state index contributed by atoms with van der Waals surface area (Å²) in [5, 5.41) is 0. The topological polar surface area (TPSA) is 18.5 Å². The zero-order valence-electron chi connectivity index (χ0n) is 11.3. The van der Waals surface area contributed by atoms with E-state index in [-0.39, 0.29) is 13.2 Å². The van der Waals surface area contributed by atoms with Gasteiger partial charge in [0, 0.05) is 18.8 Å². The second-order valence-corrected chi connectivity index (χ2v) is 7.25. The average Bonchev–Trinajstić information content (AvgIpc) is 2.40. The molecule has 0 aliphatic carbocycles. The molecule has 2 nitrogen and oxygen atoms in total. The molecule has 8 heteroatoms. The molecule has 114 valence electrons. The smallest absolute Gasteiger partial charge is 0.375 e. The van der Waals surface area contributed by atoms with Crippen molar-refractivity contribution in [2.45, 2.75) is 26.2 Å². The lowest BCUT2D eigenvalue weighted by Crippen LogP contribution is -2.44. The minimum Gasteiger partial charge on any atom is -0.393 e. The van der Waals surface area contributed by atoms with Gasteiger partial charge in [-0.25, -0.2) is 22.0 Å². The number of rotatable bonds is 6.